The Balaban J connectivity index is 2.24. The van der Waals surface area contributed by atoms with E-state index in [1.165, 1.54) is 35.6 Å². The van der Waals surface area contributed by atoms with Crippen LogP contribution < -0.4 is 10.6 Å². The molecule has 0 fully saturated rings. The quantitative estimate of drug-likeness (QED) is 0.417. The van der Waals surface area contributed by atoms with Crippen molar-refractivity contribution in [2.75, 3.05) is 13.6 Å². The van der Waals surface area contributed by atoms with E-state index >= 15 is 0 Å². The second kappa shape index (κ2) is 10.6. The summed E-state index contributed by atoms with van der Waals surface area (Å²) in [6, 6.07) is 0.467. The van der Waals surface area contributed by atoms with Crippen molar-refractivity contribution in [2.45, 2.75) is 65.3 Å². The lowest BCUT2D eigenvalue weighted by molar-refractivity contribution is 0.547. The fourth-order valence-corrected chi connectivity index (χ4v) is 2.98. The Morgan fingerprint density at radius 3 is 2.81 bits per heavy atom. The molecular weight excluding hydrogens is 280 g/mol. The number of nitrogens with zero attached hydrogens (tertiary/aromatic N) is 2. The number of unbranched alkanes of at least 4 members (excludes halogenated alkanes) is 2. The lowest BCUT2D eigenvalue weighted by atomic mass is 10.1. The van der Waals surface area contributed by atoms with E-state index in [4.69, 9.17) is 0 Å². The summed E-state index contributed by atoms with van der Waals surface area (Å²) in [5, 5.41) is 8.02. The summed E-state index contributed by atoms with van der Waals surface area (Å²) in [5.74, 6) is 0.895. The predicted molar refractivity (Wildman–Crippen MR) is 93.3 cm³/mol. The van der Waals surface area contributed by atoms with Gasteiger partial charge >= 0.3 is 0 Å². The number of aromatic nitrogens is 1. The Morgan fingerprint density at radius 2 is 2.19 bits per heavy atom. The van der Waals surface area contributed by atoms with Crippen molar-refractivity contribution in [3.63, 3.8) is 0 Å². The first kappa shape index (κ1) is 18.0. The maximum absolute atomic E-state index is 4.44. The third-order valence-corrected chi connectivity index (χ3v) is 4.63. The first-order valence-electron chi connectivity index (χ1n) is 8.10. The lowest BCUT2D eigenvalue weighted by Gasteiger charge is -2.17. The van der Waals surface area contributed by atoms with Crippen molar-refractivity contribution >= 4 is 17.3 Å². The fraction of sp³-hybridized carbons (Fsp3) is 0.750. The van der Waals surface area contributed by atoms with Crippen LogP contribution in [0.4, 0.5) is 0 Å². The van der Waals surface area contributed by atoms with Crippen molar-refractivity contribution in [2.24, 2.45) is 4.99 Å². The Kier molecular flexibility index (Phi) is 9.06. The van der Waals surface area contributed by atoms with Gasteiger partial charge in [0.25, 0.3) is 0 Å². The Morgan fingerprint density at radius 1 is 1.38 bits per heavy atom. The molecule has 0 aliphatic carbocycles. The molecule has 0 amide bonds. The summed E-state index contributed by atoms with van der Waals surface area (Å²) in [4.78, 5) is 10.1. The zero-order valence-electron chi connectivity index (χ0n) is 13.9. The van der Waals surface area contributed by atoms with E-state index < -0.39 is 0 Å². The molecule has 1 unspecified atom stereocenters. The number of thiazole rings is 1. The van der Waals surface area contributed by atoms with Crippen LogP contribution in [0.15, 0.2) is 11.2 Å². The molecule has 0 bridgehead atoms. The average molecular weight is 311 g/mol. The standard InChI is InChI=1S/C16H30N4S/c1-5-7-8-9-13(3)20-16(17-4)18-11-10-15-19-12-14(6-2)21-15/h12-13H,5-11H2,1-4H3,(H2,17,18,20). The van der Waals surface area contributed by atoms with Crippen LogP contribution in [0.5, 0.6) is 0 Å². The molecule has 1 rings (SSSR count). The molecule has 0 radical (unpaired) electrons. The largest absolute Gasteiger partial charge is 0.356 e. The zero-order valence-corrected chi connectivity index (χ0v) is 14.7. The molecule has 0 aromatic carbocycles. The highest BCUT2D eigenvalue weighted by atomic mass is 32.1. The molecule has 21 heavy (non-hydrogen) atoms. The zero-order chi connectivity index (χ0) is 15.5. The maximum Gasteiger partial charge on any atom is 0.191 e. The smallest absolute Gasteiger partial charge is 0.191 e. The van der Waals surface area contributed by atoms with Gasteiger partial charge in [-0.25, -0.2) is 4.98 Å². The van der Waals surface area contributed by atoms with Gasteiger partial charge in [-0.3, -0.25) is 4.99 Å². The molecule has 1 atom stereocenters. The summed E-state index contributed by atoms with van der Waals surface area (Å²) >= 11 is 1.81. The number of hydrogen-bond acceptors (Lipinski definition) is 3. The molecule has 0 spiro atoms. The summed E-state index contributed by atoms with van der Waals surface area (Å²) in [6.45, 7) is 7.50. The van der Waals surface area contributed by atoms with Gasteiger partial charge in [0.1, 0.15) is 0 Å². The number of hydrogen-bond donors (Lipinski definition) is 2. The monoisotopic (exact) mass is 310 g/mol. The first-order valence-corrected chi connectivity index (χ1v) is 8.92. The van der Waals surface area contributed by atoms with Crippen molar-refractivity contribution in [1.82, 2.24) is 15.6 Å². The number of nitrogens with one attached hydrogen (secondary N) is 2. The van der Waals surface area contributed by atoms with E-state index in [0.717, 1.165) is 25.3 Å². The molecule has 5 heteroatoms. The molecule has 0 aliphatic rings. The number of aliphatic imine (C=N–C) groups is 1. The fourth-order valence-electron chi connectivity index (χ4n) is 2.12. The van der Waals surface area contributed by atoms with E-state index in [2.05, 4.69) is 41.4 Å². The van der Waals surface area contributed by atoms with Crippen LogP contribution in [0.1, 0.15) is 56.3 Å². The second-order valence-corrected chi connectivity index (χ2v) is 6.56. The van der Waals surface area contributed by atoms with Gasteiger partial charge in [0.05, 0.1) is 5.01 Å². The Hall–Kier alpha value is -1.10. The molecule has 1 aromatic heterocycles. The number of rotatable bonds is 9. The van der Waals surface area contributed by atoms with Crippen LogP contribution in [0.2, 0.25) is 0 Å². The van der Waals surface area contributed by atoms with Gasteiger partial charge in [0.15, 0.2) is 5.96 Å². The lowest BCUT2D eigenvalue weighted by Crippen LogP contribution is -2.42. The first-order chi connectivity index (χ1) is 10.2. The summed E-state index contributed by atoms with van der Waals surface area (Å²) in [6.07, 6.45) is 9.07. The molecule has 1 heterocycles. The Labute approximate surface area is 133 Å². The number of aryl methyl sites for hydroxylation is 1. The SMILES string of the molecule is CCCCCC(C)NC(=NC)NCCc1ncc(CC)s1. The molecule has 0 saturated heterocycles. The van der Waals surface area contributed by atoms with Crippen LogP contribution >= 0.6 is 11.3 Å². The van der Waals surface area contributed by atoms with Gasteiger partial charge in [0, 0.05) is 37.1 Å². The highest BCUT2D eigenvalue weighted by Gasteiger charge is 2.05. The highest BCUT2D eigenvalue weighted by molar-refractivity contribution is 7.11. The van der Waals surface area contributed by atoms with E-state index in [-0.39, 0.29) is 0 Å². The van der Waals surface area contributed by atoms with Crippen LogP contribution in [0.3, 0.4) is 0 Å². The van der Waals surface area contributed by atoms with E-state index in [1.807, 2.05) is 24.6 Å². The van der Waals surface area contributed by atoms with Crippen LogP contribution in [-0.2, 0) is 12.8 Å². The molecule has 4 nitrogen and oxygen atoms in total. The van der Waals surface area contributed by atoms with Gasteiger partial charge in [-0.1, -0.05) is 33.1 Å². The molecule has 120 valence electrons. The third kappa shape index (κ3) is 7.46. The molecular formula is C16H30N4S. The summed E-state index contributed by atoms with van der Waals surface area (Å²) < 4.78 is 0. The van der Waals surface area contributed by atoms with Gasteiger partial charge in [0.2, 0.25) is 0 Å². The summed E-state index contributed by atoms with van der Waals surface area (Å²) in [5.41, 5.74) is 0. The molecule has 0 aliphatic heterocycles. The molecule has 1 aromatic rings. The van der Waals surface area contributed by atoms with Crippen LogP contribution in [0, 0.1) is 0 Å². The van der Waals surface area contributed by atoms with Crippen molar-refractivity contribution in [3.8, 4) is 0 Å². The van der Waals surface area contributed by atoms with Gasteiger partial charge in [-0.2, -0.15) is 0 Å². The minimum Gasteiger partial charge on any atom is -0.356 e. The van der Waals surface area contributed by atoms with E-state index in [0.29, 0.717) is 6.04 Å². The van der Waals surface area contributed by atoms with E-state index in [1.54, 1.807) is 0 Å². The second-order valence-electron chi connectivity index (χ2n) is 5.36. The third-order valence-electron chi connectivity index (χ3n) is 3.43. The normalized spacial score (nSPS) is 13.2. The topological polar surface area (TPSA) is 49.3 Å². The summed E-state index contributed by atoms with van der Waals surface area (Å²) in [7, 11) is 1.83. The predicted octanol–water partition coefficient (Wildman–Crippen LogP) is 3.38. The van der Waals surface area contributed by atoms with Crippen LogP contribution in [-0.4, -0.2) is 30.6 Å². The minimum absolute atomic E-state index is 0.467. The molecule has 0 saturated carbocycles. The van der Waals surface area contributed by atoms with Crippen molar-refractivity contribution in [3.05, 3.63) is 16.1 Å². The Bertz CT molecular complexity index is 414. The van der Waals surface area contributed by atoms with Crippen molar-refractivity contribution in [1.29, 1.82) is 0 Å². The van der Waals surface area contributed by atoms with Gasteiger partial charge in [-0.05, 0) is 19.8 Å². The minimum atomic E-state index is 0.467. The van der Waals surface area contributed by atoms with E-state index in [9.17, 15) is 0 Å². The van der Waals surface area contributed by atoms with Crippen molar-refractivity contribution < 1.29 is 0 Å². The maximum atomic E-state index is 4.44. The van der Waals surface area contributed by atoms with Crippen LogP contribution in [0.25, 0.3) is 0 Å². The van der Waals surface area contributed by atoms with Gasteiger partial charge in [-0.15, -0.1) is 11.3 Å². The number of guanidine groups is 1. The average Bonchev–Trinajstić information content (AvgIpc) is 2.94. The highest BCUT2D eigenvalue weighted by Crippen LogP contribution is 2.13. The molecule has 2 N–H and O–H groups in total. The van der Waals surface area contributed by atoms with Gasteiger partial charge < -0.3 is 10.6 Å².